The molecule has 4 aromatic rings. The topological polar surface area (TPSA) is 184 Å². The van der Waals surface area contributed by atoms with Gasteiger partial charge in [-0.05, 0) is 18.2 Å². The number of nitrogen functional groups attached to an aromatic ring is 1. The number of imidazole rings is 1. The average Bonchev–Trinajstić information content (AvgIpc) is 3.36. The Kier molecular flexibility index (Phi) is 6.03. The van der Waals surface area contributed by atoms with Crippen LogP contribution in [0.15, 0.2) is 55.1 Å². The first-order chi connectivity index (χ1) is 16.0. The molecule has 0 saturated heterocycles. The van der Waals surface area contributed by atoms with E-state index in [2.05, 4.69) is 41.6 Å². The number of nitrogens with one attached hydrogen (secondary N) is 3. The Labute approximate surface area is 187 Å². The van der Waals surface area contributed by atoms with Gasteiger partial charge in [-0.1, -0.05) is 12.1 Å². The molecule has 0 aliphatic carbocycles. The SMILES string of the molecule is N#Cc1ccc(-c2nc(NCCNc3ccc([N+](=O)[O-])c(N)n3)ncc2-c2cnc[nH]2)cc1. The van der Waals surface area contributed by atoms with Gasteiger partial charge in [0.15, 0.2) is 0 Å². The van der Waals surface area contributed by atoms with Gasteiger partial charge in [0.1, 0.15) is 5.82 Å². The molecule has 0 bridgehead atoms. The van der Waals surface area contributed by atoms with Gasteiger partial charge in [0.2, 0.25) is 11.8 Å². The van der Waals surface area contributed by atoms with Crippen LogP contribution in [-0.2, 0) is 0 Å². The second-order valence-electron chi connectivity index (χ2n) is 6.82. The molecule has 0 atom stereocenters. The number of rotatable bonds is 8. The molecular weight excluding hydrogens is 424 g/mol. The first-order valence-electron chi connectivity index (χ1n) is 9.80. The molecule has 1 aromatic carbocycles. The number of aromatic nitrogens is 5. The van der Waals surface area contributed by atoms with Crippen molar-refractivity contribution in [2.45, 2.75) is 0 Å². The van der Waals surface area contributed by atoms with Gasteiger partial charge in [0.25, 0.3) is 0 Å². The quantitative estimate of drug-likeness (QED) is 0.180. The highest BCUT2D eigenvalue weighted by atomic mass is 16.6. The highest BCUT2D eigenvalue weighted by Gasteiger charge is 2.14. The van der Waals surface area contributed by atoms with Crippen molar-refractivity contribution in [1.29, 1.82) is 5.26 Å². The van der Waals surface area contributed by atoms with Crippen LogP contribution in [0.5, 0.6) is 0 Å². The third-order valence-electron chi connectivity index (χ3n) is 4.68. The zero-order valence-electron chi connectivity index (χ0n) is 17.2. The highest BCUT2D eigenvalue weighted by molar-refractivity contribution is 5.79. The molecular formula is C21H18N10O2. The lowest BCUT2D eigenvalue weighted by atomic mass is 10.0. The van der Waals surface area contributed by atoms with Crippen LogP contribution in [-0.4, -0.2) is 42.9 Å². The summed E-state index contributed by atoms with van der Waals surface area (Å²) in [6, 6.07) is 12.0. The first kappa shape index (κ1) is 21.2. The molecule has 0 aliphatic heterocycles. The van der Waals surface area contributed by atoms with Crippen molar-refractivity contribution in [2.24, 2.45) is 0 Å². The van der Waals surface area contributed by atoms with Gasteiger partial charge >= 0.3 is 5.69 Å². The number of hydrogen-bond acceptors (Lipinski definition) is 10. The van der Waals surface area contributed by atoms with Crippen molar-refractivity contribution in [2.75, 3.05) is 29.5 Å². The number of benzene rings is 1. The summed E-state index contributed by atoms with van der Waals surface area (Å²) in [5.41, 5.74) is 8.97. The van der Waals surface area contributed by atoms with E-state index in [0.717, 1.165) is 16.8 Å². The molecule has 3 aromatic heterocycles. The molecule has 12 nitrogen and oxygen atoms in total. The molecule has 4 rings (SSSR count). The molecule has 0 aliphatic rings. The number of pyridine rings is 1. The molecule has 0 fully saturated rings. The van der Waals surface area contributed by atoms with E-state index in [-0.39, 0.29) is 11.5 Å². The largest absolute Gasteiger partial charge is 0.378 e. The lowest BCUT2D eigenvalue weighted by Gasteiger charge is -2.11. The van der Waals surface area contributed by atoms with E-state index in [9.17, 15) is 10.1 Å². The Balaban J connectivity index is 1.47. The van der Waals surface area contributed by atoms with E-state index in [1.54, 1.807) is 30.9 Å². The number of nitrogens with two attached hydrogens (primary N) is 1. The Morgan fingerprint density at radius 3 is 2.55 bits per heavy atom. The minimum Gasteiger partial charge on any atom is -0.378 e. The standard InChI is InChI=1S/C21H18N10O2/c22-9-13-1-3-14(4-2-13)19-15(16-11-24-12-28-16)10-27-21(30-19)26-8-7-25-18-6-5-17(31(32)33)20(23)29-18/h1-6,10-12H,7-8H2,(H,24,28)(H3,23,25,29)(H,26,27,30). The van der Waals surface area contributed by atoms with Crippen molar-refractivity contribution in [3.63, 3.8) is 0 Å². The lowest BCUT2D eigenvalue weighted by molar-refractivity contribution is -0.384. The molecule has 3 heterocycles. The third-order valence-corrected chi connectivity index (χ3v) is 4.68. The smallest absolute Gasteiger partial charge is 0.311 e. The summed E-state index contributed by atoms with van der Waals surface area (Å²) in [6.45, 7) is 0.900. The van der Waals surface area contributed by atoms with Gasteiger partial charge in [0, 0.05) is 36.5 Å². The molecule has 0 saturated carbocycles. The summed E-state index contributed by atoms with van der Waals surface area (Å²) >= 11 is 0. The number of anilines is 3. The first-order valence-corrected chi connectivity index (χ1v) is 9.80. The second kappa shape index (κ2) is 9.40. The number of nitrogens with zero attached hydrogens (tertiary/aromatic N) is 6. The average molecular weight is 442 g/mol. The van der Waals surface area contributed by atoms with Crippen LogP contribution in [0.2, 0.25) is 0 Å². The highest BCUT2D eigenvalue weighted by Crippen LogP contribution is 2.29. The number of nitro groups is 1. The Morgan fingerprint density at radius 1 is 1.09 bits per heavy atom. The van der Waals surface area contributed by atoms with E-state index in [0.29, 0.717) is 36.1 Å². The summed E-state index contributed by atoms with van der Waals surface area (Å²) in [4.78, 5) is 30.4. The number of aromatic amines is 1. The number of hydrogen-bond donors (Lipinski definition) is 4. The van der Waals surface area contributed by atoms with Crippen LogP contribution in [0.4, 0.5) is 23.3 Å². The summed E-state index contributed by atoms with van der Waals surface area (Å²) in [6.07, 6.45) is 4.96. The summed E-state index contributed by atoms with van der Waals surface area (Å²) < 4.78 is 0. The number of H-pyrrole nitrogens is 1. The zero-order valence-corrected chi connectivity index (χ0v) is 17.2. The summed E-state index contributed by atoms with van der Waals surface area (Å²) in [5.74, 6) is 0.687. The fourth-order valence-corrected chi connectivity index (χ4v) is 3.08. The van der Waals surface area contributed by atoms with Crippen molar-refractivity contribution < 1.29 is 4.92 Å². The van der Waals surface area contributed by atoms with Crippen molar-refractivity contribution in [3.05, 3.63) is 70.8 Å². The maximum atomic E-state index is 10.8. The monoisotopic (exact) mass is 442 g/mol. The molecule has 12 heteroatoms. The molecule has 0 amide bonds. The zero-order chi connectivity index (χ0) is 23.2. The van der Waals surface area contributed by atoms with Crippen molar-refractivity contribution >= 4 is 23.3 Å². The summed E-state index contributed by atoms with van der Waals surface area (Å²) in [5, 5.41) is 26.1. The van der Waals surface area contributed by atoms with Gasteiger partial charge in [-0.15, -0.1) is 0 Å². The third kappa shape index (κ3) is 4.83. The van der Waals surface area contributed by atoms with Crippen molar-refractivity contribution in [1.82, 2.24) is 24.9 Å². The van der Waals surface area contributed by atoms with Crippen molar-refractivity contribution in [3.8, 4) is 28.6 Å². The Bertz CT molecular complexity index is 1310. The molecule has 5 N–H and O–H groups in total. The molecule has 0 unspecified atom stereocenters. The van der Waals surface area contributed by atoms with Gasteiger partial charge < -0.3 is 21.4 Å². The van der Waals surface area contributed by atoms with Crippen LogP contribution in [0.1, 0.15) is 5.56 Å². The van der Waals surface area contributed by atoms with Gasteiger partial charge in [-0.2, -0.15) is 5.26 Å². The minimum atomic E-state index is -0.580. The van der Waals surface area contributed by atoms with Crippen LogP contribution in [0, 0.1) is 21.4 Å². The second-order valence-corrected chi connectivity index (χ2v) is 6.82. The Morgan fingerprint density at radius 2 is 1.88 bits per heavy atom. The van der Waals surface area contributed by atoms with E-state index in [1.807, 2.05) is 12.1 Å². The van der Waals surface area contributed by atoms with E-state index < -0.39 is 4.92 Å². The molecule has 33 heavy (non-hydrogen) atoms. The number of nitriles is 1. The van der Waals surface area contributed by atoms with Crippen LogP contribution >= 0.6 is 0 Å². The van der Waals surface area contributed by atoms with E-state index in [1.165, 1.54) is 12.1 Å². The molecule has 164 valence electrons. The van der Waals surface area contributed by atoms with Gasteiger partial charge in [-0.3, -0.25) is 10.1 Å². The van der Waals surface area contributed by atoms with Crippen LogP contribution in [0.3, 0.4) is 0 Å². The normalized spacial score (nSPS) is 10.4. The van der Waals surface area contributed by atoms with Gasteiger partial charge in [0.05, 0.1) is 40.5 Å². The maximum Gasteiger partial charge on any atom is 0.311 e. The van der Waals surface area contributed by atoms with E-state index >= 15 is 0 Å². The van der Waals surface area contributed by atoms with E-state index in [4.69, 9.17) is 11.0 Å². The maximum absolute atomic E-state index is 10.8. The van der Waals surface area contributed by atoms with Crippen LogP contribution < -0.4 is 16.4 Å². The fourth-order valence-electron chi connectivity index (χ4n) is 3.08. The fraction of sp³-hybridized carbons (Fsp3) is 0.0952. The summed E-state index contributed by atoms with van der Waals surface area (Å²) in [7, 11) is 0. The van der Waals surface area contributed by atoms with Crippen LogP contribution in [0.25, 0.3) is 22.5 Å². The predicted octanol–water partition coefficient (Wildman–Crippen LogP) is 2.81. The molecule has 0 spiro atoms. The van der Waals surface area contributed by atoms with Gasteiger partial charge in [-0.25, -0.2) is 19.9 Å². The minimum absolute atomic E-state index is 0.150. The lowest BCUT2D eigenvalue weighted by Crippen LogP contribution is -2.16. The predicted molar refractivity (Wildman–Crippen MR) is 122 cm³/mol. The molecule has 0 radical (unpaired) electrons. The Hall–Kier alpha value is -5.05.